The Morgan fingerprint density at radius 3 is 2.58 bits per heavy atom. The van der Waals surface area contributed by atoms with Gasteiger partial charge in [-0.15, -0.1) is 0 Å². The molecule has 0 amide bonds. The third-order valence-corrected chi connectivity index (χ3v) is 4.33. The fraction of sp³-hybridized carbons (Fsp3) is 0.625. The lowest BCUT2D eigenvalue weighted by atomic mass is 9.79. The standard InChI is InChI=1S/C16H23NO2/c1-18-12-15-5-3-14(4-6-15)11-17-9-10-19-16(13-17)7-2-8-16/h3-6H,2,7-13H2,1H3. The van der Waals surface area contributed by atoms with E-state index in [1.807, 2.05) is 0 Å². The van der Waals surface area contributed by atoms with Crippen molar-refractivity contribution in [3.8, 4) is 0 Å². The highest BCUT2D eigenvalue weighted by atomic mass is 16.5. The molecule has 1 aromatic carbocycles. The van der Waals surface area contributed by atoms with Crippen molar-refractivity contribution in [3.05, 3.63) is 35.4 Å². The SMILES string of the molecule is COCc1ccc(CN2CCOC3(CCC3)C2)cc1. The first kappa shape index (κ1) is 13.1. The van der Waals surface area contributed by atoms with Gasteiger partial charge in [-0.1, -0.05) is 24.3 Å². The molecule has 0 atom stereocenters. The van der Waals surface area contributed by atoms with E-state index in [0.717, 1.165) is 26.2 Å². The van der Waals surface area contributed by atoms with Gasteiger partial charge in [0.25, 0.3) is 0 Å². The van der Waals surface area contributed by atoms with Crippen molar-refractivity contribution in [3.63, 3.8) is 0 Å². The maximum atomic E-state index is 5.96. The van der Waals surface area contributed by atoms with Crippen LogP contribution in [0.2, 0.25) is 0 Å². The molecule has 1 heterocycles. The van der Waals surface area contributed by atoms with Crippen molar-refractivity contribution in [1.82, 2.24) is 4.90 Å². The number of ether oxygens (including phenoxy) is 2. The molecule has 2 aliphatic rings. The van der Waals surface area contributed by atoms with Gasteiger partial charge < -0.3 is 9.47 Å². The first-order chi connectivity index (χ1) is 9.30. The third-order valence-electron chi connectivity index (χ3n) is 4.33. The number of methoxy groups -OCH3 is 1. The smallest absolute Gasteiger partial charge is 0.0809 e. The molecule has 3 heteroatoms. The molecule has 1 aliphatic heterocycles. The first-order valence-corrected chi connectivity index (χ1v) is 7.23. The second kappa shape index (κ2) is 5.61. The van der Waals surface area contributed by atoms with Crippen molar-refractivity contribution in [2.75, 3.05) is 26.8 Å². The van der Waals surface area contributed by atoms with Crippen LogP contribution in [0, 0.1) is 0 Å². The minimum atomic E-state index is 0.203. The Morgan fingerprint density at radius 2 is 1.95 bits per heavy atom. The zero-order chi connectivity index (χ0) is 13.1. The number of benzene rings is 1. The Morgan fingerprint density at radius 1 is 1.21 bits per heavy atom. The van der Waals surface area contributed by atoms with E-state index in [-0.39, 0.29) is 5.60 Å². The lowest BCUT2D eigenvalue weighted by Gasteiger charge is -2.48. The highest BCUT2D eigenvalue weighted by Crippen LogP contribution is 2.38. The van der Waals surface area contributed by atoms with E-state index in [1.165, 1.54) is 30.4 Å². The van der Waals surface area contributed by atoms with Crippen molar-refractivity contribution in [2.24, 2.45) is 0 Å². The molecule has 1 aromatic rings. The zero-order valence-corrected chi connectivity index (χ0v) is 11.7. The summed E-state index contributed by atoms with van der Waals surface area (Å²) < 4.78 is 11.1. The number of hydrogen-bond donors (Lipinski definition) is 0. The van der Waals surface area contributed by atoms with E-state index >= 15 is 0 Å². The van der Waals surface area contributed by atoms with Crippen LogP contribution in [0.4, 0.5) is 0 Å². The molecule has 1 aliphatic carbocycles. The summed E-state index contributed by atoms with van der Waals surface area (Å²) >= 11 is 0. The minimum Gasteiger partial charge on any atom is -0.380 e. The monoisotopic (exact) mass is 261 g/mol. The van der Waals surface area contributed by atoms with Gasteiger partial charge in [0.15, 0.2) is 0 Å². The van der Waals surface area contributed by atoms with Gasteiger partial charge in [-0.2, -0.15) is 0 Å². The minimum absolute atomic E-state index is 0.203. The first-order valence-electron chi connectivity index (χ1n) is 7.23. The number of morpholine rings is 1. The average Bonchev–Trinajstić information content (AvgIpc) is 2.40. The summed E-state index contributed by atoms with van der Waals surface area (Å²) in [5.41, 5.74) is 2.83. The third kappa shape index (κ3) is 2.99. The average molecular weight is 261 g/mol. The van der Waals surface area contributed by atoms with Crippen molar-refractivity contribution in [2.45, 2.75) is 38.0 Å². The van der Waals surface area contributed by atoms with Crippen LogP contribution in [0.25, 0.3) is 0 Å². The van der Waals surface area contributed by atoms with Crippen LogP contribution in [-0.2, 0) is 22.6 Å². The van der Waals surface area contributed by atoms with Crippen LogP contribution in [0.1, 0.15) is 30.4 Å². The quantitative estimate of drug-likeness (QED) is 0.831. The van der Waals surface area contributed by atoms with Crippen LogP contribution in [0.5, 0.6) is 0 Å². The summed E-state index contributed by atoms with van der Waals surface area (Å²) in [6.07, 6.45) is 3.83. The summed E-state index contributed by atoms with van der Waals surface area (Å²) in [5.74, 6) is 0. The molecule has 0 N–H and O–H groups in total. The van der Waals surface area contributed by atoms with Gasteiger partial charge in [0.2, 0.25) is 0 Å². The van der Waals surface area contributed by atoms with Gasteiger partial charge in [-0.3, -0.25) is 4.90 Å². The number of rotatable bonds is 4. The molecule has 19 heavy (non-hydrogen) atoms. The molecule has 3 rings (SSSR count). The Labute approximate surface area is 115 Å². The van der Waals surface area contributed by atoms with Gasteiger partial charge >= 0.3 is 0 Å². The predicted molar refractivity (Wildman–Crippen MR) is 75.0 cm³/mol. The van der Waals surface area contributed by atoms with Gasteiger partial charge in [0.05, 0.1) is 18.8 Å². The van der Waals surface area contributed by atoms with Crippen LogP contribution in [-0.4, -0.2) is 37.3 Å². The maximum Gasteiger partial charge on any atom is 0.0809 e. The number of hydrogen-bond acceptors (Lipinski definition) is 3. The molecule has 0 unspecified atom stereocenters. The summed E-state index contributed by atoms with van der Waals surface area (Å²) in [5, 5.41) is 0. The summed E-state index contributed by atoms with van der Waals surface area (Å²) in [4.78, 5) is 2.54. The molecular formula is C16H23NO2. The van der Waals surface area contributed by atoms with Crippen molar-refractivity contribution in [1.29, 1.82) is 0 Å². The van der Waals surface area contributed by atoms with Crippen LogP contribution in [0.3, 0.4) is 0 Å². The summed E-state index contributed by atoms with van der Waals surface area (Å²) in [6.45, 7) is 4.79. The summed E-state index contributed by atoms with van der Waals surface area (Å²) in [7, 11) is 1.74. The fourth-order valence-electron chi connectivity index (χ4n) is 3.10. The molecule has 0 bridgehead atoms. The molecule has 1 saturated carbocycles. The van der Waals surface area contributed by atoms with Crippen LogP contribution >= 0.6 is 0 Å². The normalized spacial score (nSPS) is 22.4. The van der Waals surface area contributed by atoms with Gasteiger partial charge in [0.1, 0.15) is 0 Å². The lowest BCUT2D eigenvalue weighted by molar-refractivity contribution is -0.152. The van der Waals surface area contributed by atoms with E-state index in [2.05, 4.69) is 29.2 Å². The summed E-state index contributed by atoms with van der Waals surface area (Å²) in [6, 6.07) is 8.77. The topological polar surface area (TPSA) is 21.7 Å². The van der Waals surface area contributed by atoms with E-state index < -0.39 is 0 Å². The molecule has 0 aromatic heterocycles. The molecule has 104 valence electrons. The number of nitrogens with zero attached hydrogens (tertiary/aromatic N) is 1. The second-order valence-corrected chi connectivity index (χ2v) is 5.85. The second-order valence-electron chi connectivity index (χ2n) is 5.85. The highest BCUT2D eigenvalue weighted by Gasteiger charge is 2.41. The van der Waals surface area contributed by atoms with Crippen molar-refractivity contribution < 1.29 is 9.47 Å². The van der Waals surface area contributed by atoms with E-state index in [4.69, 9.17) is 9.47 Å². The molecule has 3 nitrogen and oxygen atoms in total. The fourth-order valence-corrected chi connectivity index (χ4v) is 3.10. The molecule has 2 fully saturated rings. The lowest BCUT2D eigenvalue weighted by Crippen LogP contribution is -2.55. The van der Waals surface area contributed by atoms with E-state index in [9.17, 15) is 0 Å². The van der Waals surface area contributed by atoms with Gasteiger partial charge in [-0.25, -0.2) is 0 Å². The van der Waals surface area contributed by atoms with Crippen LogP contribution < -0.4 is 0 Å². The van der Waals surface area contributed by atoms with E-state index in [1.54, 1.807) is 7.11 Å². The molecule has 1 spiro atoms. The predicted octanol–water partition coefficient (Wildman–Crippen LogP) is 2.59. The molecular weight excluding hydrogens is 238 g/mol. The highest BCUT2D eigenvalue weighted by molar-refractivity contribution is 5.22. The Bertz CT molecular complexity index is 411. The van der Waals surface area contributed by atoms with Crippen LogP contribution in [0.15, 0.2) is 24.3 Å². The van der Waals surface area contributed by atoms with E-state index in [0.29, 0.717) is 6.61 Å². The Kier molecular flexibility index (Phi) is 3.87. The van der Waals surface area contributed by atoms with Gasteiger partial charge in [0, 0.05) is 26.7 Å². The maximum absolute atomic E-state index is 5.96. The molecule has 1 saturated heterocycles. The van der Waals surface area contributed by atoms with Gasteiger partial charge in [-0.05, 0) is 30.4 Å². The van der Waals surface area contributed by atoms with Crippen molar-refractivity contribution >= 4 is 0 Å². The largest absolute Gasteiger partial charge is 0.380 e. The Hall–Kier alpha value is -0.900. The zero-order valence-electron chi connectivity index (χ0n) is 11.7. The molecule has 0 radical (unpaired) electrons. The Balaban J connectivity index is 1.58.